The Bertz CT molecular complexity index is 323. The summed E-state index contributed by atoms with van der Waals surface area (Å²) in [5.41, 5.74) is 1.49. The summed E-state index contributed by atoms with van der Waals surface area (Å²) in [5.74, 6) is 0.998. The van der Waals surface area contributed by atoms with E-state index in [0.29, 0.717) is 0 Å². The smallest absolute Gasteiger partial charge is 0.0825 e. The molecular formula is C16H26N+. The average Bonchev–Trinajstić information content (AvgIpc) is 2.39. The van der Waals surface area contributed by atoms with Gasteiger partial charge in [-0.25, -0.2) is 0 Å². The highest BCUT2D eigenvalue weighted by atomic mass is 15.3. The first-order valence-corrected chi connectivity index (χ1v) is 7.09. The predicted octanol–water partition coefficient (Wildman–Crippen LogP) is 3.50. The van der Waals surface area contributed by atoms with Crippen molar-refractivity contribution in [2.45, 2.75) is 32.6 Å². The summed E-state index contributed by atoms with van der Waals surface area (Å²) in [6.07, 6.45) is 5.47. The number of hydrogen-bond donors (Lipinski definition) is 0. The van der Waals surface area contributed by atoms with Gasteiger partial charge in [0.2, 0.25) is 0 Å². The summed E-state index contributed by atoms with van der Waals surface area (Å²) in [5, 5.41) is 0. The molecule has 1 nitrogen and oxygen atoms in total. The zero-order valence-corrected chi connectivity index (χ0v) is 11.4. The molecule has 0 radical (unpaired) electrons. The maximum atomic E-state index is 2.44. The van der Waals surface area contributed by atoms with Gasteiger partial charge in [0.25, 0.3) is 0 Å². The van der Waals surface area contributed by atoms with Crippen LogP contribution in [0.3, 0.4) is 0 Å². The van der Waals surface area contributed by atoms with E-state index in [1.807, 2.05) is 0 Å². The van der Waals surface area contributed by atoms with Gasteiger partial charge in [-0.1, -0.05) is 43.7 Å². The minimum atomic E-state index is 0.998. The molecule has 1 aliphatic rings. The molecule has 0 spiro atoms. The van der Waals surface area contributed by atoms with Crippen molar-refractivity contribution in [2.75, 3.05) is 26.7 Å². The van der Waals surface area contributed by atoms with Gasteiger partial charge in [-0.3, -0.25) is 0 Å². The molecule has 0 bridgehead atoms. The van der Waals surface area contributed by atoms with E-state index in [1.165, 1.54) is 55.4 Å². The van der Waals surface area contributed by atoms with Gasteiger partial charge in [-0.15, -0.1) is 0 Å². The summed E-state index contributed by atoms with van der Waals surface area (Å²) in [7, 11) is 2.44. The van der Waals surface area contributed by atoms with E-state index in [2.05, 4.69) is 44.3 Å². The van der Waals surface area contributed by atoms with Crippen LogP contribution in [0, 0.1) is 5.92 Å². The molecule has 1 aliphatic heterocycles. The number of benzene rings is 1. The largest absolute Gasteiger partial charge is 0.326 e. The van der Waals surface area contributed by atoms with Gasteiger partial charge in [-0.05, 0) is 24.3 Å². The van der Waals surface area contributed by atoms with Crippen LogP contribution in [0.4, 0.5) is 0 Å². The normalized spacial score (nSPS) is 29.2. The first kappa shape index (κ1) is 12.6. The lowest BCUT2D eigenvalue weighted by molar-refractivity contribution is -0.915. The summed E-state index contributed by atoms with van der Waals surface area (Å²) in [6.45, 7) is 6.40. The van der Waals surface area contributed by atoms with E-state index in [0.717, 1.165) is 5.92 Å². The molecule has 0 aromatic heterocycles. The molecule has 0 aliphatic carbocycles. The maximum absolute atomic E-state index is 2.44. The molecule has 0 amide bonds. The third-order valence-corrected chi connectivity index (χ3v) is 4.51. The Morgan fingerprint density at radius 2 is 1.76 bits per heavy atom. The molecule has 1 heterocycles. The molecule has 1 heteroatoms. The van der Waals surface area contributed by atoms with E-state index in [-0.39, 0.29) is 0 Å². The molecule has 94 valence electrons. The van der Waals surface area contributed by atoms with E-state index in [9.17, 15) is 0 Å². The quantitative estimate of drug-likeness (QED) is 0.697. The van der Waals surface area contributed by atoms with Crippen molar-refractivity contribution in [2.24, 2.45) is 5.92 Å². The van der Waals surface area contributed by atoms with Crippen molar-refractivity contribution in [3.8, 4) is 0 Å². The van der Waals surface area contributed by atoms with Gasteiger partial charge in [-0.2, -0.15) is 0 Å². The van der Waals surface area contributed by atoms with Gasteiger partial charge in [0.05, 0.1) is 26.7 Å². The number of rotatable bonds is 4. The van der Waals surface area contributed by atoms with E-state index < -0.39 is 0 Å². The Hall–Kier alpha value is -0.820. The van der Waals surface area contributed by atoms with Crippen LogP contribution in [-0.4, -0.2) is 31.2 Å². The van der Waals surface area contributed by atoms with Gasteiger partial charge in [0.1, 0.15) is 0 Å². The third-order valence-electron chi connectivity index (χ3n) is 4.51. The van der Waals surface area contributed by atoms with Gasteiger partial charge < -0.3 is 4.48 Å². The van der Waals surface area contributed by atoms with Crippen LogP contribution in [-0.2, 0) is 6.42 Å². The standard InChI is InChI=1S/C16H26N/c1-3-15-9-12-17(2,13-10-15)14-11-16-7-5-4-6-8-16/h4-8,15H,3,9-14H2,1-2H3/q+1. The van der Waals surface area contributed by atoms with Crippen LogP contribution in [0.5, 0.6) is 0 Å². The average molecular weight is 232 g/mol. The molecule has 17 heavy (non-hydrogen) atoms. The molecule has 1 saturated heterocycles. The van der Waals surface area contributed by atoms with Crippen LogP contribution < -0.4 is 0 Å². The molecule has 0 unspecified atom stereocenters. The Balaban J connectivity index is 1.83. The van der Waals surface area contributed by atoms with Crippen LogP contribution >= 0.6 is 0 Å². The Morgan fingerprint density at radius 1 is 1.12 bits per heavy atom. The second-order valence-corrected chi connectivity index (χ2v) is 5.88. The molecular weight excluding hydrogens is 206 g/mol. The lowest BCUT2D eigenvalue weighted by atomic mass is 9.92. The molecule has 0 atom stereocenters. The number of piperidine rings is 1. The van der Waals surface area contributed by atoms with Crippen molar-refractivity contribution in [1.82, 2.24) is 0 Å². The van der Waals surface area contributed by atoms with Gasteiger partial charge in [0, 0.05) is 6.42 Å². The van der Waals surface area contributed by atoms with Crippen LogP contribution in [0.15, 0.2) is 30.3 Å². The second-order valence-electron chi connectivity index (χ2n) is 5.88. The highest BCUT2D eigenvalue weighted by molar-refractivity contribution is 5.14. The summed E-state index contributed by atoms with van der Waals surface area (Å²) in [4.78, 5) is 0. The SMILES string of the molecule is CCC1CC[N+](C)(CCc2ccccc2)CC1. The first-order valence-electron chi connectivity index (χ1n) is 7.09. The highest BCUT2D eigenvalue weighted by Crippen LogP contribution is 2.24. The third kappa shape index (κ3) is 3.57. The van der Waals surface area contributed by atoms with Gasteiger partial charge >= 0.3 is 0 Å². The van der Waals surface area contributed by atoms with Gasteiger partial charge in [0.15, 0.2) is 0 Å². The van der Waals surface area contributed by atoms with Crippen molar-refractivity contribution in [3.05, 3.63) is 35.9 Å². The van der Waals surface area contributed by atoms with E-state index in [4.69, 9.17) is 0 Å². The van der Waals surface area contributed by atoms with Crippen molar-refractivity contribution in [1.29, 1.82) is 0 Å². The fourth-order valence-electron chi connectivity index (χ4n) is 2.92. The fraction of sp³-hybridized carbons (Fsp3) is 0.625. The van der Waals surface area contributed by atoms with Crippen LogP contribution in [0.25, 0.3) is 0 Å². The van der Waals surface area contributed by atoms with Crippen molar-refractivity contribution in [3.63, 3.8) is 0 Å². The lowest BCUT2D eigenvalue weighted by Gasteiger charge is -2.40. The predicted molar refractivity (Wildman–Crippen MR) is 73.9 cm³/mol. The Kier molecular flexibility index (Phi) is 4.22. The number of hydrogen-bond acceptors (Lipinski definition) is 0. The molecule has 0 N–H and O–H groups in total. The summed E-state index contributed by atoms with van der Waals surface area (Å²) < 4.78 is 1.28. The van der Waals surface area contributed by atoms with Crippen LogP contribution in [0.2, 0.25) is 0 Å². The first-order chi connectivity index (χ1) is 8.22. The Morgan fingerprint density at radius 3 is 2.35 bits per heavy atom. The second kappa shape index (κ2) is 5.68. The Labute approximate surface area is 106 Å². The molecule has 0 saturated carbocycles. The van der Waals surface area contributed by atoms with Crippen molar-refractivity contribution >= 4 is 0 Å². The zero-order chi connectivity index (χ0) is 12.1. The number of nitrogens with zero attached hydrogens (tertiary/aromatic N) is 1. The molecule has 1 aromatic rings. The number of likely N-dealkylation sites (N-methyl/N-ethyl adjacent to an activating group) is 1. The number of likely N-dealkylation sites (tertiary alicyclic amines) is 1. The summed E-state index contributed by atoms with van der Waals surface area (Å²) >= 11 is 0. The van der Waals surface area contributed by atoms with E-state index in [1.54, 1.807) is 0 Å². The minimum Gasteiger partial charge on any atom is -0.326 e. The fourth-order valence-corrected chi connectivity index (χ4v) is 2.92. The lowest BCUT2D eigenvalue weighted by Crippen LogP contribution is -2.50. The molecule has 1 aromatic carbocycles. The van der Waals surface area contributed by atoms with Crippen LogP contribution in [0.1, 0.15) is 31.7 Å². The number of quaternary nitrogens is 1. The van der Waals surface area contributed by atoms with Crippen molar-refractivity contribution < 1.29 is 4.48 Å². The monoisotopic (exact) mass is 232 g/mol. The zero-order valence-electron chi connectivity index (χ0n) is 11.4. The molecule has 2 rings (SSSR count). The van der Waals surface area contributed by atoms with E-state index >= 15 is 0 Å². The topological polar surface area (TPSA) is 0 Å². The highest BCUT2D eigenvalue weighted by Gasteiger charge is 2.28. The maximum Gasteiger partial charge on any atom is 0.0825 e. The minimum absolute atomic E-state index is 0.998. The summed E-state index contributed by atoms with van der Waals surface area (Å²) in [6, 6.07) is 10.9. The molecule has 1 fully saturated rings.